The lowest BCUT2D eigenvalue weighted by atomic mass is 9.95. The van der Waals surface area contributed by atoms with Crippen molar-refractivity contribution < 1.29 is 22.3 Å². The van der Waals surface area contributed by atoms with Crippen molar-refractivity contribution in [2.24, 2.45) is 5.92 Å². The van der Waals surface area contributed by atoms with E-state index < -0.39 is 21.4 Å². The minimum absolute atomic E-state index is 0.0119. The van der Waals surface area contributed by atoms with Gasteiger partial charge in [0, 0.05) is 6.54 Å². The molecular weight excluding hydrogens is 321 g/mol. The molecular formula is C16H18FNO4S. The van der Waals surface area contributed by atoms with Gasteiger partial charge in [-0.05, 0) is 48.6 Å². The Morgan fingerprint density at radius 3 is 2.52 bits per heavy atom. The van der Waals surface area contributed by atoms with Crippen LogP contribution in [0, 0.1) is 11.7 Å². The fourth-order valence-electron chi connectivity index (χ4n) is 2.59. The fourth-order valence-corrected chi connectivity index (χ4v) is 3.76. The second kappa shape index (κ2) is 6.07. The molecule has 1 aromatic heterocycles. The Hall–Kier alpha value is -1.70. The molecule has 1 heterocycles. The number of sulfonamides is 1. The molecule has 23 heavy (non-hydrogen) atoms. The molecule has 0 radical (unpaired) electrons. The molecule has 0 spiro atoms. The van der Waals surface area contributed by atoms with Gasteiger partial charge in [0.2, 0.25) is 10.0 Å². The van der Waals surface area contributed by atoms with Crippen molar-refractivity contribution in [3.05, 3.63) is 59.8 Å². The zero-order valence-electron chi connectivity index (χ0n) is 12.4. The van der Waals surface area contributed by atoms with Crippen LogP contribution in [0.1, 0.15) is 24.2 Å². The lowest BCUT2D eigenvalue weighted by Crippen LogP contribution is -2.42. The van der Waals surface area contributed by atoms with E-state index in [1.165, 1.54) is 30.5 Å². The Labute approximate surface area is 134 Å². The van der Waals surface area contributed by atoms with Gasteiger partial charge in [0.15, 0.2) is 0 Å². The zero-order valence-corrected chi connectivity index (χ0v) is 13.2. The summed E-state index contributed by atoms with van der Waals surface area (Å²) in [5, 5.41) is 10.8. The maximum absolute atomic E-state index is 12.9. The highest BCUT2D eigenvalue weighted by Crippen LogP contribution is 2.45. The molecule has 1 saturated carbocycles. The number of aliphatic hydroxyl groups is 1. The van der Waals surface area contributed by atoms with E-state index in [-0.39, 0.29) is 18.2 Å². The van der Waals surface area contributed by atoms with E-state index in [0.717, 1.165) is 12.8 Å². The molecule has 0 aliphatic heterocycles. The van der Waals surface area contributed by atoms with E-state index in [9.17, 15) is 17.9 Å². The summed E-state index contributed by atoms with van der Waals surface area (Å²) < 4.78 is 45.0. The molecule has 1 fully saturated rings. The minimum atomic E-state index is -3.65. The van der Waals surface area contributed by atoms with Crippen LogP contribution in [0.25, 0.3) is 0 Å². The molecule has 1 unspecified atom stereocenters. The third kappa shape index (κ3) is 3.80. The SMILES string of the molecule is O=S(=O)(Cc1ccc(F)cc1)NCC(O)(c1ccco1)C1CC1. The monoisotopic (exact) mass is 339 g/mol. The number of hydrogen-bond acceptors (Lipinski definition) is 4. The van der Waals surface area contributed by atoms with Gasteiger partial charge in [-0.25, -0.2) is 17.5 Å². The third-order valence-corrected chi connectivity index (χ3v) is 5.33. The lowest BCUT2D eigenvalue weighted by molar-refractivity contribution is -0.00225. The van der Waals surface area contributed by atoms with E-state index in [2.05, 4.69) is 4.72 Å². The summed E-state index contributed by atoms with van der Waals surface area (Å²) in [6.45, 7) is -0.144. The molecule has 124 valence electrons. The highest BCUT2D eigenvalue weighted by atomic mass is 32.2. The lowest BCUT2D eigenvalue weighted by Gasteiger charge is -2.26. The first-order valence-corrected chi connectivity index (χ1v) is 9.02. The largest absolute Gasteiger partial charge is 0.466 e. The Balaban J connectivity index is 1.69. The topological polar surface area (TPSA) is 79.5 Å². The molecule has 0 amide bonds. The van der Waals surface area contributed by atoms with Gasteiger partial charge in [-0.3, -0.25) is 0 Å². The van der Waals surface area contributed by atoms with Gasteiger partial charge in [0.25, 0.3) is 0 Å². The summed E-state index contributed by atoms with van der Waals surface area (Å²) in [5.41, 5.74) is -0.855. The molecule has 1 aliphatic rings. The van der Waals surface area contributed by atoms with Gasteiger partial charge in [-0.2, -0.15) is 0 Å². The van der Waals surface area contributed by atoms with Gasteiger partial charge >= 0.3 is 0 Å². The minimum Gasteiger partial charge on any atom is -0.466 e. The van der Waals surface area contributed by atoms with Crippen LogP contribution < -0.4 is 4.72 Å². The van der Waals surface area contributed by atoms with Gasteiger partial charge in [-0.1, -0.05) is 12.1 Å². The van der Waals surface area contributed by atoms with Crippen molar-refractivity contribution in [2.45, 2.75) is 24.2 Å². The number of nitrogens with one attached hydrogen (secondary N) is 1. The summed E-state index contributed by atoms with van der Waals surface area (Å²) in [6, 6.07) is 8.59. The molecule has 0 bridgehead atoms. The normalized spacial score (nSPS) is 17.8. The summed E-state index contributed by atoms with van der Waals surface area (Å²) in [7, 11) is -3.65. The molecule has 1 aromatic carbocycles. The van der Waals surface area contributed by atoms with E-state index in [4.69, 9.17) is 4.42 Å². The van der Waals surface area contributed by atoms with Crippen LogP contribution in [0.4, 0.5) is 4.39 Å². The maximum Gasteiger partial charge on any atom is 0.215 e. The van der Waals surface area contributed by atoms with Crippen molar-refractivity contribution in [1.29, 1.82) is 0 Å². The zero-order chi connectivity index (χ0) is 16.5. The van der Waals surface area contributed by atoms with E-state index >= 15 is 0 Å². The quantitative estimate of drug-likeness (QED) is 0.810. The van der Waals surface area contributed by atoms with Crippen molar-refractivity contribution in [3.63, 3.8) is 0 Å². The Kier molecular flexibility index (Phi) is 4.27. The van der Waals surface area contributed by atoms with E-state index in [0.29, 0.717) is 11.3 Å². The number of halogens is 1. The first-order chi connectivity index (χ1) is 10.9. The standard InChI is InChI=1S/C16H18FNO4S/c17-14-7-3-12(4-8-14)10-23(20,21)18-11-16(19,13-5-6-13)15-2-1-9-22-15/h1-4,7-9,13,18-19H,5-6,10-11H2. The predicted molar refractivity (Wildman–Crippen MR) is 82.4 cm³/mol. The predicted octanol–water partition coefficient (Wildman–Crippen LogP) is 2.14. The van der Waals surface area contributed by atoms with Gasteiger partial charge in [0.1, 0.15) is 17.2 Å². The fraction of sp³-hybridized carbons (Fsp3) is 0.375. The molecule has 5 nitrogen and oxygen atoms in total. The molecule has 3 rings (SSSR count). The third-order valence-electron chi connectivity index (χ3n) is 4.03. The first kappa shape index (κ1) is 16.2. The number of benzene rings is 1. The average molecular weight is 339 g/mol. The van der Waals surface area contributed by atoms with Gasteiger partial charge in [0.05, 0.1) is 12.0 Å². The van der Waals surface area contributed by atoms with E-state index in [1.807, 2.05) is 0 Å². The molecule has 1 aliphatic carbocycles. The Morgan fingerprint density at radius 1 is 1.26 bits per heavy atom. The second-order valence-corrected chi connectivity index (χ2v) is 7.69. The van der Waals surface area contributed by atoms with Crippen molar-refractivity contribution in [1.82, 2.24) is 4.72 Å². The molecule has 1 atom stereocenters. The highest BCUT2D eigenvalue weighted by Gasteiger charge is 2.47. The van der Waals surface area contributed by atoms with E-state index in [1.54, 1.807) is 12.1 Å². The smallest absolute Gasteiger partial charge is 0.215 e. The molecule has 2 N–H and O–H groups in total. The van der Waals surface area contributed by atoms with Crippen LogP contribution in [-0.4, -0.2) is 20.1 Å². The van der Waals surface area contributed by atoms with Gasteiger partial charge < -0.3 is 9.52 Å². The number of furan rings is 1. The van der Waals surface area contributed by atoms with Crippen LogP contribution in [0.15, 0.2) is 47.1 Å². The van der Waals surface area contributed by atoms with Crippen LogP contribution in [0.2, 0.25) is 0 Å². The summed E-state index contributed by atoms with van der Waals surface area (Å²) in [5.74, 6) is -0.335. The van der Waals surface area contributed by atoms with Crippen molar-refractivity contribution >= 4 is 10.0 Å². The highest BCUT2D eigenvalue weighted by molar-refractivity contribution is 7.88. The van der Waals surface area contributed by atoms with Crippen molar-refractivity contribution in [3.8, 4) is 0 Å². The van der Waals surface area contributed by atoms with Crippen LogP contribution >= 0.6 is 0 Å². The first-order valence-electron chi connectivity index (χ1n) is 7.37. The Morgan fingerprint density at radius 2 is 1.96 bits per heavy atom. The Bertz CT molecular complexity index is 754. The average Bonchev–Trinajstić information content (AvgIpc) is 3.22. The second-order valence-electron chi connectivity index (χ2n) is 5.88. The van der Waals surface area contributed by atoms with Crippen LogP contribution in [-0.2, 0) is 21.4 Å². The molecule has 7 heteroatoms. The molecule has 0 saturated heterocycles. The number of rotatable bonds is 7. The number of hydrogen-bond donors (Lipinski definition) is 2. The summed E-state index contributed by atoms with van der Waals surface area (Å²) in [6.07, 6.45) is 3.11. The van der Waals surface area contributed by atoms with Crippen LogP contribution in [0.5, 0.6) is 0 Å². The summed E-state index contributed by atoms with van der Waals surface area (Å²) in [4.78, 5) is 0. The summed E-state index contributed by atoms with van der Waals surface area (Å²) >= 11 is 0. The molecule has 2 aromatic rings. The van der Waals surface area contributed by atoms with Crippen LogP contribution in [0.3, 0.4) is 0 Å². The maximum atomic E-state index is 12.9. The van der Waals surface area contributed by atoms with Crippen molar-refractivity contribution in [2.75, 3.05) is 6.54 Å². The van der Waals surface area contributed by atoms with Gasteiger partial charge in [-0.15, -0.1) is 0 Å².